The van der Waals surface area contributed by atoms with Crippen LogP contribution >= 0.6 is 11.6 Å². The number of benzene rings is 1. The van der Waals surface area contributed by atoms with Crippen molar-refractivity contribution in [2.75, 3.05) is 32.7 Å². The zero-order valence-electron chi connectivity index (χ0n) is 20.3. The molecule has 0 aliphatic heterocycles. The van der Waals surface area contributed by atoms with E-state index in [9.17, 15) is 8.42 Å². The topological polar surface area (TPSA) is 130 Å². The first-order valence-corrected chi connectivity index (χ1v) is 13.0. The Bertz CT molecular complexity index is 1430. The molecule has 194 valence electrons. The smallest absolute Gasteiger partial charge is 0.243 e. The van der Waals surface area contributed by atoms with Crippen LogP contribution in [-0.4, -0.2) is 66.3 Å². The molecular formula is C24H25ClN6O5S. The minimum atomic E-state index is -4.05. The summed E-state index contributed by atoms with van der Waals surface area (Å²) in [6.07, 6.45) is 4.77. The summed E-state index contributed by atoms with van der Waals surface area (Å²) in [6, 6.07) is 12.1. The Hall–Kier alpha value is -3.74. The number of hydrogen-bond acceptors (Lipinski definition) is 9. The molecule has 0 fully saturated rings. The third kappa shape index (κ3) is 5.82. The number of nitrogens with one attached hydrogen (secondary N) is 1. The largest absolute Gasteiger partial charge is 0.494 e. The van der Waals surface area contributed by atoms with Gasteiger partial charge in [-0.05, 0) is 36.4 Å². The molecular weight excluding hydrogens is 520 g/mol. The average molecular weight is 545 g/mol. The van der Waals surface area contributed by atoms with Gasteiger partial charge in [-0.2, -0.15) is 0 Å². The van der Waals surface area contributed by atoms with Gasteiger partial charge in [-0.25, -0.2) is 8.42 Å². The van der Waals surface area contributed by atoms with E-state index in [0.717, 1.165) is 0 Å². The molecule has 0 spiro atoms. The molecule has 0 aliphatic carbocycles. The highest BCUT2D eigenvalue weighted by Gasteiger charge is 2.31. The molecule has 11 nitrogen and oxygen atoms in total. The van der Waals surface area contributed by atoms with Crippen LogP contribution in [0.2, 0.25) is 5.02 Å². The van der Waals surface area contributed by atoms with Crippen LogP contribution in [0.1, 0.15) is 5.69 Å². The summed E-state index contributed by atoms with van der Waals surface area (Å²) in [6.45, 7) is -0.0821. The number of halogens is 1. The molecule has 4 aromatic rings. The Labute approximate surface area is 219 Å². The summed E-state index contributed by atoms with van der Waals surface area (Å²) in [5.74, 6) is 1.11. The number of anilines is 1. The lowest BCUT2D eigenvalue weighted by Gasteiger charge is -2.20. The van der Waals surface area contributed by atoms with Crippen molar-refractivity contribution in [1.29, 1.82) is 0 Å². The van der Waals surface area contributed by atoms with Crippen molar-refractivity contribution in [3.63, 3.8) is 0 Å². The lowest BCUT2D eigenvalue weighted by atomic mass is 10.2. The predicted molar refractivity (Wildman–Crippen MR) is 139 cm³/mol. The Balaban J connectivity index is 1.81. The van der Waals surface area contributed by atoms with Crippen LogP contribution in [0.15, 0.2) is 61.1 Å². The Morgan fingerprint density at radius 3 is 2.35 bits per heavy atom. The Kier molecular flexibility index (Phi) is 8.21. The molecule has 0 aliphatic rings. The number of sulfonamides is 1. The van der Waals surface area contributed by atoms with Gasteiger partial charge in [0.05, 0.1) is 25.8 Å². The Morgan fingerprint density at radius 2 is 1.76 bits per heavy atom. The maximum absolute atomic E-state index is 13.6. The van der Waals surface area contributed by atoms with Crippen molar-refractivity contribution in [3.05, 3.63) is 71.8 Å². The van der Waals surface area contributed by atoms with Gasteiger partial charge in [0.1, 0.15) is 22.4 Å². The van der Waals surface area contributed by atoms with E-state index in [1.54, 1.807) is 54.9 Å². The predicted octanol–water partition coefficient (Wildman–Crippen LogP) is 3.39. The zero-order valence-corrected chi connectivity index (χ0v) is 21.9. The van der Waals surface area contributed by atoms with E-state index >= 15 is 0 Å². The van der Waals surface area contributed by atoms with Gasteiger partial charge in [0.25, 0.3) is 0 Å². The van der Waals surface area contributed by atoms with E-state index in [2.05, 4.69) is 24.9 Å². The monoisotopic (exact) mass is 544 g/mol. The molecule has 4 rings (SSSR count). The van der Waals surface area contributed by atoms with Crippen molar-refractivity contribution in [3.8, 4) is 28.6 Å². The molecule has 37 heavy (non-hydrogen) atoms. The number of nitrogens with zero attached hydrogens (tertiary/aromatic N) is 5. The zero-order chi connectivity index (χ0) is 26.4. The van der Waals surface area contributed by atoms with Crippen molar-refractivity contribution < 1.29 is 22.6 Å². The van der Waals surface area contributed by atoms with E-state index in [1.165, 1.54) is 32.1 Å². The van der Waals surface area contributed by atoms with Crippen molar-refractivity contribution >= 4 is 27.6 Å². The lowest BCUT2D eigenvalue weighted by Crippen LogP contribution is -2.34. The third-order valence-corrected chi connectivity index (χ3v) is 7.33. The van der Waals surface area contributed by atoms with Gasteiger partial charge in [-0.3, -0.25) is 19.3 Å². The van der Waals surface area contributed by atoms with Crippen LogP contribution in [0.25, 0.3) is 17.1 Å². The Morgan fingerprint density at radius 1 is 1.00 bits per heavy atom. The standard InChI is InChI=1S/C24H25ClN6O5S/c1-34-15-19(12-18-10-9-17(25)14-27-18)37(32,33)30-24-29-28-23(16-6-5-11-26-13-16)31(24)22-20(35-2)7-4-8-21(22)36-3/h4-11,13-14,19H,12,15H2,1-3H3,(H,29,30)/t19-/m0/s1. The molecule has 0 saturated heterocycles. The van der Waals surface area contributed by atoms with E-state index in [0.29, 0.717) is 39.3 Å². The van der Waals surface area contributed by atoms with E-state index in [1.807, 2.05) is 0 Å². The molecule has 3 heterocycles. The van der Waals surface area contributed by atoms with Crippen LogP contribution in [0.3, 0.4) is 0 Å². The fraction of sp³-hybridized carbons (Fsp3) is 0.250. The number of ether oxygens (including phenoxy) is 3. The molecule has 1 aromatic carbocycles. The molecule has 0 unspecified atom stereocenters. The minimum Gasteiger partial charge on any atom is -0.494 e. The molecule has 13 heteroatoms. The van der Waals surface area contributed by atoms with Crippen LogP contribution in [0, 0.1) is 0 Å². The highest BCUT2D eigenvalue weighted by atomic mass is 35.5. The molecule has 0 saturated carbocycles. The second kappa shape index (κ2) is 11.5. The number of rotatable bonds is 11. The maximum atomic E-state index is 13.6. The lowest BCUT2D eigenvalue weighted by molar-refractivity contribution is 0.196. The van der Waals surface area contributed by atoms with Crippen LogP contribution in [0.4, 0.5) is 5.95 Å². The summed E-state index contributed by atoms with van der Waals surface area (Å²) in [7, 11) is 0.386. The molecule has 3 aromatic heterocycles. The molecule has 1 atom stereocenters. The fourth-order valence-electron chi connectivity index (χ4n) is 3.71. The van der Waals surface area contributed by atoms with Gasteiger partial charge in [-0.15, -0.1) is 10.2 Å². The second-order valence-corrected chi connectivity index (χ2v) is 10.2. The van der Waals surface area contributed by atoms with Crippen molar-refractivity contribution in [1.82, 2.24) is 24.7 Å². The second-order valence-electron chi connectivity index (χ2n) is 7.83. The van der Waals surface area contributed by atoms with Crippen molar-refractivity contribution in [2.24, 2.45) is 0 Å². The van der Waals surface area contributed by atoms with Gasteiger partial charge in [0, 0.05) is 43.4 Å². The van der Waals surface area contributed by atoms with Crippen LogP contribution < -0.4 is 14.2 Å². The summed E-state index contributed by atoms with van der Waals surface area (Å²) in [5, 5.41) is 7.91. The number of methoxy groups -OCH3 is 3. The average Bonchev–Trinajstić information content (AvgIpc) is 3.31. The van der Waals surface area contributed by atoms with E-state index < -0.39 is 15.3 Å². The highest BCUT2D eigenvalue weighted by molar-refractivity contribution is 7.93. The highest BCUT2D eigenvalue weighted by Crippen LogP contribution is 2.37. The van der Waals surface area contributed by atoms with Gasteiger partial charge < -0.3 is 14.2 Å². The molecule has 0 radical (unpaired) electrons. The number of aromatic nitrogens is 5. The first-order chi connectivity index (χ1) is 17.9. The van der Waals surface area contributed by atoms with Gasteiger partial charge in [0.15, 0.2) is 5.82 Å². The van der Waals surface area contributed by atoms with E-state index in [-0.39, 0.29) is 19.0 Å². The van der Waals surface area contributed by atoms with Crippen LogP contribution in [-0.2, 0) is 21.2 Å². The fourth-order valence-corrected chi connectivity index (χ4v) is 5.08. The third-order valence-electron chi connectivity index (χ3n) is 5.46. The first-order valence-electron chi connectivity index (χ1n) is 11.1. The first kappa shape index (κ1) is 26.3. The van der Waals surface area contributed by atoms with E-state index in [4.69, 9.17) is 25.8 Å². The number of pyridine rings is 2. The van der Waals surface area contributed by atoms with Crippen LogP contribution in [0.5, 0.6) is 11.5 Å². The van der Waals surface area contributed by atoms with Gasteiger partial charge >= 0.3 is 0 Å². The van der Waals surface area contributed by atoms with Gasteiger partial charge in [0.2, 0.25) is 16.0 Å². The number of para-hydroxylation sites is 1. The summed E-state index contributed by atoms with van der Waals surface area (Å²) < 4.78 is 47.7. The molecule has 1 N–H and O–H groups in total. The quantitative estimate of drug-likeness (QED) is 0.302. The minimum absolute atomic E-state index is 0.0631. The normalized spacial score (nSPS) is 12.2. The molecule has 0 bridgehead atoms. The summed E-state index contributed by atoms with van der Waals surface area (Å²) in [5.41, 5.74) is 1.56. The van der Waals surface area contributed by atoms with Crippen molar-refractivity contribution in [2.45, 2.75) is 11.7 Å². The summed E-state index contributed by atoms with van der Waals surface area (Å²) >= 11 is 5.92. The molecule has 0 amide bonds. The van der Waals surface area contributed by atoms with Gasteiger partial charge in [-0.1, -0.05) is 17.7 Å². The summed E-state index contributed by atoms with van der Waals surface area (Å²) in [4.78, 5) is 8.38. The maximum Gasteiger partial charge on any atom is 0.243 e. The SMILES string of the molecule is COC[C@H](Cc1ccc(Cl)cn1)S(=O)(=O)Nc1nnc(-c2cccnc2)n1-c1c(OC)cccc1OC. The number of hydrogen-bond donors (Lipinski definition) is 1.